The van der Waals surface area contributed by atoms with E-state index in [1.165, 1.54) is 122 Å². The van der Waals surface area contributed by atoms with Crippen LogP contribution >= 0.6 is 11.3 Å². The molecule has 0 amide bonds. The molecule has 2 aliphatic carbocycles. The summed E-state index contributed by atoms with van der Waals surface area (Å²) in [5, 5.41) is 2.73. The molecule has 4 aliphatic rings. The Labute approximate surface area is 511 Å². The molecule has 9 aromatic carbocycles. The Hall–Kier alpha value is -7.60. The summed E-state index contributed by atoms with van der Waals surface area (Å²) in [6.45, 7) is 34.2. The molecule has 3 nitrogen and oxygen atoms in total. The summed E-state index contributed by atoms with van der Waals surface area (Å²) in [6, 6.07) is 74.8. The highest BCUT2D eigenvalue weighted by Gasteiger charge is 2.50. The van der Waals surface area contributed by atoms with Gasteiger partial charge in [0.2, 0.25) is 0 Å². The highest BCUT2D eigenvalue weighted by Crippen LogP contribution is 2.57. The van der Waals surface area contributed by atoms with Gasteiger partial charge in [-0.25, -0.2) is 0 Å². The van der Waals surface area contributed by atoms with Gasteiger partial charge < -0.3 is 14.7 Å². The highest BCUT2D eigenvalue weighted by molar-refractivity contribution is 7.26. The van der Waals surface area contributed by atoms with Crippen molar-refractivity contribution in [1.29, 1.82) is 0 Å². The van der Waals surface area contributed by atoms with Crippen LogP contribution in [0.3, 0.4) is 0 Å². The normalized spacial score (nSPS) is 16.9. The van der Waals surface area contributed by atoms with Gasteiger partial charge in [-0.05, 0) is 209 Å². The first-order valence-electron chi connectivity index (χ1n) is 31.3. The van der Waals surface area contributed by atoms with Gasteiger partial charge in [-0.15, -0.1) is 11.3 Å². The van der Waals surface area contributed by atoms with Gasteiger partial charge in [-0.1, -0.05) is 206 Å². The third-order valence-electron chi connectivity index (χ3n) is 20.3. The fraction of sp³-hybridized carbons (Fsp3) is 0.300. The summed E-state index contributed by atoms with van der Waals surface area (Å²) in [7, 11) is 0. The minimum atomic E-state index is -0.201. The Morgan fingerprint density at radius 2 is 0.835 bits per heavy atom. The van der Waals surface area contributed by atoms with Gasteiger partial charge in [0.25, 0.3) is 6.71 Å². The van der Waals surface area contributed by atoms with Gasteiger partial charge in [-0.2, -0.15) is 0 Å². The zero-order valence-electron chi connectivity index (χ0n) is 52.6. The molecule has 14 rings (SSSR count). The van der Waals surface area contributed by atoms with E-state index in [0.29, 0.717) is 0 Å². The van der Waals surface area contributed by atoms with Gasteiger partial charge in [0, 0.05) is 50.0 Å². The molecular weight excluding hydrogens is 1050 g/mol. The van der Waals surface area contributed by atoms with Crippen LogP contribution in [0.15, 0.2) is 194 Å². The molecule has 2 aliphatic heterocycles. The van der Waals surface area contributed by atoms with Crippen molar-refractivity contribution in [3.8, 4) is 22.3 Å². The lowest BCUT2D eigenvalue weighted by Gasteiger charge is -2.48. The topological polar surface area (TPSA) is 9.72 Å². The molecule has 0 N–H and O–H groups in total. The van der Waals surface area contributed by atoms with Crippen molar-refractivity contribution in [2.75, 3.05) is 14.7 Å². The van der Waals surface area contributed by atoms with Crippen LogP contribution in [0.2, 0.25) is 0 Å². The molecule has 0 bridgehead atoms. The van der Waals surface area contributed by atoms with Crippen molar-refractivity contribution < 1.29 is 0 Å². The molecule has 0 fully saturated rings. The van der Waals surface area contributed by atoms with Crippen LogP contribution in [-0.2, 0) is 32.5 Å². The Morgan fingerprint density at radius 3 is 1.36 bits per heavy atom. The molecule has 0 atom stereocenters. The third kappa shape index (κ3) is 9.03. The molecule has 1 aromatic heterocycles. The average Bonchev–Trinajstić information content (AvgIpc) is 1.79. The number of thiophene rings is 1. The average molecular weight is 1130 g/mol. The third-order valence-corrected chi connectivity index (χ3v) is 21.4. The van der Waals surface area contributed by atoms with Crippen molar-refractivity contribution in [2.24, 2.45) is 0 Å². The molecule has 0 unspecified atom stereocenters. The van der Waals surface area contributed by atoms with Crippen LogP contribution in [0.4, 0.5) is 50.5 Å². The molecule has 0 saturated carbocycles. The lowest BCUT2D eigenvalue weighted by molar-refractivity contribution is 0.332. The molecule has 85 heavy (non-hydrogen) atoms. The molecule has 426 valence electrons. The van der Waals surface area contributed by atoms with E-state index >= 15 is 0 Å². The van der Waals surface area contributed by atoms with Crippen LogP contribution in [0.5, 0.6) is 0 Å². The van der Waals surface area contributed by atoms with Gasteiger partial charge in [0.1, 0.15) is 0 Å². The molecule has 3 heterocycles. The first-order valence-corrected chi connectivity index (χ1v) is 32.1. The number of rotatable bonds is 7. The number of hydrogen-bond acceptors (Lipinski definition) is 4. The maximum atomic E-state index is 2.75. The van der Waals surface area contributed by atoms with E-state index in [1.54, 1.807) is 0 Å². The summed E-state index contributed by atoms with van der Waals surface area (Å²) in [4.78, 5) is 7.91. The Bertz CT molecular complexity index is 4230. The smallest absolute Gasteiger partial charge is 0.254 e. The predicted octanol–water partition coefficient (Wildman–Crippen LogP) is 21.1. The molecule has 5 heteroatoms. The number of para-hydroxylation sites is 2. The second kappa shape index (κ2) is 19.5. The lowest BCUT2D eigenvalue weighted by atomic mass is 9.33. The first kappa shape index (κ1) is 55.3. The van der Waals surface area contributed by atoms with Crippen LogP contribution in [-0.4, -0.2) is 6.71 Å². The van der Waals surface area contributed by atoms with Crippen molar-refractivity contribution in [2.45, 2.75) is 155 Å². The van der Waals surface area contributed by atoms with E-state index in [0.717, 1.165) is 36.3 Å². The van der Waals surface area contributed by atoms with Gasteiger partial charge in [0.15, 0.2) is 0 Å². The number of nitrogens with zero attached hydrogens (tertiary/aromatic N) is 3. The van der Waals surface area contributed by atoms with Crippen molar-refractivity contribution in [1.82, 2.24) is 0 Å². The first-order chi connectivity index (χ1) is 40.4. The number of hydrogen-bond donors (Lipinski definition) is 0. The van der Waals surface area contributed by atoms with E-state index in [9.17, 15) is 0 Å². The Morgan fingerprint density at radius 1 is 0.388 bits per heavy atom. The Balaban J connectivity index is 1.15. The fourth-order valence-corrected chi connectivity index (χ4v) is 16.2. The monoisotopic (exact) mass is 1130 g/mol. The molecule has 0 radical (unpaired) electrons. The minimum absolute atomic E-state index is 0.0204. The van der Waals surface area contributed by atoms with Crippen molar-refractivity contribution in [3.05, 3.63) is 228 Å². The number of anilines is 9. The van der Waals surface area contributed by atoms with E-state index in [-0.39, 0.29) is 39.2 Å². The van der Waals surface area contributed by atoms with Gasteiger partial charge in [0.05, 0.1) is 16.4 Å². The molecule has 10 aromatic rings. The summed E-state index contributed by atoms with van der Waals surface area (Å²) >= 11 is 2.02. The Kier molecular flexibility index (Phi) is 12.7. The van der Waals surface area contributed by atoms with E-state index in [4.69, 9.17) is 0 Å². The quantitative estimate of drug-likeness (QED) is 0.147. The van der Waals surface area contributed by atoms with E-state index < -0.39 is 0 Å². The summed E-state index contributed by atoms with van der Waals surface area (Å²) in [6.07, 6.45) is 4.60. The SMILES string of the molecule is CC(C)(C)c1ccc(N2c3cc(C(C)(C)C)cc4c3B(c3cc5c(cc3N4c3ccc(N(c4ccccc4)c4ccccc4)cc3-c3ccccc3)C(C)(C)CCC5(C)C)c3c2sc2cc4c(cc32)C(C)(C)CCC4(C)C)c(-c2ccccc2)c1. The second-order valence-corrected chi connectivity index (χ2v) is 30.9. The maximum Gasteiger partial charge on any atom is 0.254 e. The number of fused-ring (bicyclic) bond motifs is 8. The zero-order valence-corrected chi connectivity index (χ0v) is 53.4. The lowest BCUT2D eigenvalue weighted by Crippen LogP contribution is -2.61. The fourth-order valence-electron chi connectivity index (χ4n) is 14.9. The predicted molar refractivity (Wildman–Crippen MR) is 369 cm³/mol. The number of benzene rings is 9. The summed E-state index contributed by atoms with van der Waals surface area (Å²) in [5.41, 5.74) is 27.0. The molecular formula is C80H82BN3S. The van der Waals surface area contributed by atoms with Crippen LogP contribution in [0, 0.1) is 0 Å². The maximum absolute atomic E-state index is 2.75. The minimum Gasteiger partial charge on any atom is -0.311 e. The van der Waals surface area contributed by atoms with Gasteiger partial charge in [-0.3, -0.25) is 0 Å². The largest absolute Gasteiger partial charge is 0.311 e. The van der Waals surface area contributed by atoms with Crippen LogP contribution in [0.25, 0.3) is 32.3 Å². The molecule has 0 saturated heterocycles. The van der Waals surface area contributed by atoms with E-state index in [1.807, 2.05) is 11.3 Å². The van der Waals surface area contributed by atoms with Crippen LogP contribution < -0.4 is 31.1 Å². The standard InChI is InChI=1S/C80H82BN3S/c1-75(2,3)53-35-37-67(58(43-53)51-27-19-15-20-28-51)84-70-45-54(76(4,5)6)44-69-73(70)81(72-60-47-61-64(50-71(60)85-74(72)84)80(13,14)42-39-77(61,7)8)65-48-62-63(79(11,12)41-40-78(62,9)10)49-68(65)83(69)66-38-36-57(46-59(66)52-29-21-16-22-30-52)82(55-31-23-17-24-32-55)56-33-25-18-26-34-56/h15-38,43-50H,39-42H2,1-14H3. The summed E-state index contributed by atoms with van der Waals surface area (Å²) < 4.78 is 1.38. The van der Waals surface area contributed by atoms with Crippen molar-refractivity contribution >= 4 is 95.0 Å². The van der Waals surface area contributed by atoms with Gasteiger partial charge >= 0.3 is 0 Å². The molecule has 0 spiro atoms. The summed E-state index contributed by atoms with van der Waals surface area (Å²) in [5.74, 6) is 0. The van der Waals surface area contributed by atoms with Crippen LogP contribution in [0.1, 0.15) is 156 Å². The van der Waals surface area contributed by atoms with Crippen molar-refractivity contribution in [3.63, 3.8) is 0 Å². The second-order valence-electron chi connectivity index (χ2n) is 29.9. The van der Waals surface area contributed by atoms with E-state index in [2.05, 4.69) is 306 Å². The zero-order chi connectivity index (χ0) is 59.3. The highest BCUT2D eigenvalue weighted by atomic mass is 32.1.